The Bertz CT molecular complexity index is 1470. The minimum atomic E-state index is -0.323. The Kier molecular flexibility index (Phi) is 8.82. The summed E-state index contributed by atoms with van der Waals surface area (Å²) in [5, 5.41) is 13.3. The van der Waals surface area contributed by atoms with E-state index >= 15 is 0 Å². The first-order chi connectivity index (χ1) is 18.4. The summed E-state index contributed by atoms with van der Waals surface area (Å²) >= 11 is 6.87. The van der Waals surface area contributed by atoms with Gasteiger partial charge >= 0.3 is 0 Å². The fraction of sp³-hybridized carbons (Fsp3) is 0.267. The van der Waals surface area contributed by atoms with E-state index in [0.717, 1.165) is 24.0 Å². The van der Waals surface area contributed by atoms with Gasteiger partial charge in [-0.3, -0.25) is 19.1 Å². The van der Waals surface area contributed by atoms with E-state index < -0.39 is 0 Å². The van der Waals surface area contributed by atoms with Gasteiger partial charge in [0.15, 0.2) is 0 Å². The molecule has 194 valence electrons. The number of thiocarbonyl (C=S) groups is 1. The van der Waals surface area contributed by atoms with E-state index in [9.17, 15) is 14.9 Å². The molecule has 4 rings (SSSR count). The highest BCUT2D eigenvalue weighted by Crippen LogP contribution is 2.39. The maximum absolute atomic E-state index is 13.6. The van der Waals surface area contributed by atoms with Gasteiger partial charge in [-0.1, -0.05) is 98.0 Å². The number of benzene rings is 2. The van der Waals surface area contributed by atoms with Crippen LogP contribution in [0.2, 0.25) is 0 Å². The number of hydrogen-bond donors (Lipinski definition) is 1. The Balaban J connectivity index is 1.81. The number of carbonyl (C=O) groups is 1. The maximum atomic E-state index is 13.6. The van der Waals surface area contributed by atoms with Crippen molar-refractivity contribution in [3.63, 3.8) is 0 Å². The zero-order valence-corrected chi connectivity index (χ0v) is 23.4. The number of unbranched alkanes of at least 4 members (excludes halogenated alkanes) is 1. The quantitative estimate of drug-likeness (QED) is 0.249. The fourth-order valence-corrected chi connectivity index (χ4v) is 5.89. The van der Waals surface area contributed by atoms with E-state index in [1.165, 1.54) is 11.8 Å². The van der Waals surface area contributed by atoms with Crippen LogP contribution in [0.4, 0.5) is 5.82 Å². The zero-order valence-electron chi connectivity index (χ0n) is 21.7. The van der Waals surface area contributed by atoms with Crippen LogP contribution in [0, 0.1) is 18.3 Å². The first-order valence-corrected chi connectivity index (χ1v) is 13.9. The Morgan fingerprint density at radius 2 is 1.76 bits per heavy atom. The average Bonchev–Trinajstić information content (AvgIpc) is 3.21. The zero-order chi connectivity index (χ0) is 27.2. The van der Waals surface area contributed by atoms with Crippen LogP contribution in [-0.4, -0.2) is 19.7 Å². The fourth-order valence-electron chi connectivity index (χ4n) is 4.49. The molecule has 2 aromatic carbocycles. The minimum Gasteiger partial charge on any atom is -0.367 e. The highest BCUT2D eigenvalue weighted by molar-refractivity contribution is 8.26. The van der Waals surface area contributed by atoms with E-state index in [1.807, 2.05) is 67.6 Å². The SMILES string of the molecule is CCCCn1c(NCc2ccccc2)c(/C=C2/SC(=S)N(C(C)c3ccccc3)C2=O)c(C)c(C#N)c1=O. The highest BCUT2D eigenvalue weighted by Gasteiger charge is 2.36. The van der Waals surface area contributed by atoms with Crippen molar-refractivity contribution in [2.45, 2.75) is 52.7 Å². The molecule has 1 amide bonds. The molecule has 2 heterocycles. The summed E-state index contributed by atoms with van der Waals surface area (Å²) < 4.78 is 2.12. The van der Waals surface area contributed by atoms with Gasteiger partial charge in [0.2, 0.25) is 0 Å². The van der Waals surface area contributed by atoms with Crippen LogP contribution < -0.4 is 10.9 Å². The van der Waals surface area contributed by atoms with Crippen LogP contribution in [-0.2, 0) is 17.9 Å². The molecule has 1 N–H and O–H groups in total. The molecule has 0 bridgehead atoms. The van der Waals surface area contributed by atoms with Gasteiger partial charge in [0.1, 0.15) is 21.8 Å². The van der Waals surface area contributed by atoms with Crippen molar-refractivity contribution in [3.05, 3.63) is 104 Å². The van der Waals surface area contributed by atoms with Crippen LogP contribution in [0.1, 0.15) is 60.5 Å². The monoisotopic (exact) mass is 542 g/mol. The first-order valence-electron chi connectivity index (χ1n) is 12.6. The smallest absolute Gasteiger partial charge is 0.270 e. The second-order valence-electron chi connectivity index (χ2n) is 9.16. The van der Waals surface area contributed by atoms with Gasteiger partial charge in [0.05, 0.1) is 10.9 Å². The summed E-state index contributed by atoms with van der Waals surface area (Å²) in [4.78, 5) is 29.0. The van der Waals surface area contributed by atoms with Gasteiger partial charge < -0.3 is 5.32 Å². The Morgan fingerprint density at radius 1 is 1.11 bits per heavy atom. The molecule has 1 aliphatic heterocycles. The lowest BCUT2D eigenvalue weighted by Gasteiger charge is -2.23. The van der Waals surface area contributed by atoms with Gasteiger partial charge in [-0.05, 0) is 43.0 Å². The normalized spacial score (nSPS) is 15.1. The standard InChI is InChI=1S/C30H30N4O2S2/c1-4-5-16-33-27(32-19-22-12-8-6-9-13-22)24(20(2)25(18-31)28(33)35)17-26-29(36)34(30(37)38-26)21(3)23-14-10-7-11-15-23/h6-15,17,21,32H,4-5,16,19H2,1-3H3/b26-17+. The van der Waals surface area contributed by atoms with E-state index in [0.29, 0.717) is 39.3 Å². The topological polar surface area (TPSA) is 78.1 Å². The molecule has 1 fully saturated rings. The van der Waals surface area contributed by atoms with E-state index in [4.69, 9.17) is 12.2 Å². The van der Waals surface area contributed by atoms with E-state index in [1.54, 1.807) is 22.5 Å². The number of hydrogen-bond acceptors (Lipinski definition) is 6. The molecule has 1 aliphatic rings. The van der Waals surface area contributed by atoms with Crippen molar-refractivity contribution in [2.24, 2.45) is 0 Å². The predicted octanol–water partition coefficient (Wildman–Crippen LogP) is 6.40. The summed E-state index contributed by atoms with van der Waals surface area (Å²) in [7, 11) is 0. The van der Waals surface area contributed by atoms with Gasteiger partial charge in [0.25, 0.3) is 11.5 Å². The lowest BCUT2D eigenvalue weighted by Crippen LogP contribution is -2.31. The van der Waals surface area contributed by atoms with E-state index in [2.05, 4.69) is 18.3 Å². The second-order valence-corrected chi connectivity index (χ2v) is 10.8. The molecule has 0 spiro atoms. The molecule has 6 nitrogen and oxygen atoms in total. The summed E-state index contributed by atoms with van der Waals surface area (Å²) in [5.41, 5.74) is 3.01. The van der Waals surface area contributed by atoms with Gasteiger partial charge in [-0.15, -0.1) is 0 Å². The molecule has 0 saturated carbocycles. The summed E-state index contributed by atoms with van der Waals surface area (Å²) in [6.07, 6.45) is 3.46. The van der Waals surface area contributed by atoms with Crippen LogP contribution in [0.5, 0.6) is 0 Å². The molecular weight excluding hydrogens is 512 g/mol. The number of rotatable bonds is 9. The number of amides is 1. The van der Waals surface area contributed by atoms with Crippen molar-refractivity contribution in [2.75, 3.05) is 5.32 Å². The Morgan fingerprint density at radius 3 is 2.39 bits per heavy atom. The highest BCUT2D eigenvalue weighted by atomic mass is 32.2. The number of aromatic nitrogens is 1. The summed E-state index contributed by atoms with van der Waals surface area (Å²) in [6.45, 7) is 6.73. The van der Waals surface area contributed by atoms with Crippen LogP contribution in [0.15, 0.2) is 70.4 Å². The third kappa shape index (κ3) is 5.59. The van der Waals surface area contributed by atoms with Gasteiger partial charge in [-0.25, -0.2) is 0 Å². The lowest BCUT2D eigenvalue weighted by atomic mass is 10.0. The Hall–Kier alpha value is -3.67. The number of anilines is 1. The maximum Gasteiger partial charge on any atom is 0.270 e. The van der Waals surface area contributed by atoms with Crippen molar-refractivity contribution in [1.29, 1.82) is 5.26 Å². The van der Waals surface area contributed by atoms with Crippen molar-refractivity contribution in [1.82, 2.24) is 9.47 Å². The largest absolute Gasteiger partial charge is 0.367 e. The van der Waals surface area contributed by atoms with Crippen molar-refractivity contribution >= 4 is 46.1 Å². The molecule has 8 heteroatoms. The average molecular weight is 543 g/mol. The third-order valence-electron chi connectivity index (χ3n) is 6.68. The van der Waals surface area contributed by atoms with Crippen LogP contribution in [0.3, 0.4) is 0 Å². The second kappa shape index (κ2) is 12.2. The molecular formula is C30H30N4O2S2. The number of pyridine rings is 1. The molecule has 1 aromatic heterocycles. The number of nitrogens with one attached hydrogen (secondary N) is 1. The predicted molar refractivity (Wildman–Crippen MR) is 159 cm³/mol. The van der Waals surface area contributed by atoms with Crippen LogP contribution >= 0.6 is 24.0 Å². The number of carbonyl (C=O) groups excluding carboxylic acids is 1. The van der Waals surface area contributed by atoms with Crippen molar-refractivity contribution in [3.8, 4) is 6.07 Å². The van der Waals surface area contributed by atoms with Crippen LogP contribution in [0.25, 0.3) is 6.08 Å². The number of thioether (sulfide) groups is 1. The van der Waals surface area contributed by atoms with Gasteiger partial charge in [0, 0.05) is 18.7 Å². The molecule has 1 unspecified atom stereocenters. The van der Waals surface area contributed by atoms with Crippen molar-refractivity contribution < 1.29 is 4.79 Å². The number of nitrogens with zero attached hydrogens (tertiary/aromatic N) is 3. The molecule has 1 saturated heterocycles. The minimum absolute atomic E-state index is 0.0887. The molecule has 0 radical (unpaired) electrons. The lowest BCUT2D eigenvalue weighted by molar-refractivity contribution is -0.123. The van der Waals surface area contributed by atoms with E-state index in [-0.39, 0.29) is 23.1 Å². The molecule has 1 atom stereocenters. The summed E-state index contributed by atoms with van der Waals surface area (Å²) in [6, 6.07) is 21.5. The number of nitriles is 1. The first kappa shape index (κ1) is 27.4. The molecule has 38 heavy (non-hydrogen) atoms. The van der Waals surface area contributed by atoms with Gasteiger partial charge in [-0.2, -0.15) is 5.26 Å². The third-order valence-corrected chi connectivity index (χ3v) is 8.01. The Labute approximate surface area is 233 Å². The summed E-state index contributed by atoms with van der Waals surface area (Å²) in [5.74, 6) is 0.416. The molecule has 3 aromatic rings. The molecule has 0 aliphatic carbocycles.